The second kappa shape index (κ2) is 5.80. The number of amides is 2. The standard InChI is InChI=1S/C14H24N2O3/c1-11-6-9-16(10-11)13(19)15-14(12(17)18)7-4-2-3-5-8-14/h11H,2-10H2,1H3,(H,15,19)(H,17,18). The maximum atomic E-state index is 12.2. The molecule has 2 N–H and O–H groups in total. The Morgan fingerprint density at radius 1 is 1.21 bits per heavy atom. The van der Waals surface area contributed by atoms with Gasteiger partial charge in [0.2, 0.25) is 0 Å². The Balaban J connectivity index is 2.03. The minimum atomic E-state index is -1.04. The number of carboxylic acid groups (broad SMARTS) is 1. The summed E-state index contributed by atoms with van der Waals surface area (Å²) < 4.78 is 0. The monoisotopic (exact) mass is 268 g/mol. The number of carbonyl (C=O) groups is 2. The molecule has 1 saturated carbocycles. The van der Waals surface area contributed by atoms with Gasteiger partial charge in [-0.2, -0.15) is 0 Å². The van der Waals surface area contributed by atoms with Gasteiger partial charge in [-0.3, -0.25) is 0 Å². The van der Waals surface area contributed by atoms with E-state index >= 15 is 0 Å². The predicted molar refractivity (Wildman–Crippen MR) is 72.0 cm³/mol. The first-order chi connectivity index (χ1) is 9.03. The fourth-order valence-electron chi connectivity index (χ4n) is 3.13. The summed E-state index contributed by atoms with van der Waals surface area (Å²) in [6.45, 7) is 3.59. The first kappa shape index (κ1) is 14.2. The number of nitrogens with zero attached hydrogens (tertiary/aromatic N) is 1. The van der Waals surface area contributed by atoms with Crippen LogP contribution in [0, 0.1) is 5.92 Å². The van der Waals surface area contributed by atoms with Crippen molar-refractivity contribution in [2.75, 3.05) is 13.1 Å². The molecule has 1 heterocycles. The van der Waals surface area contributed by atoms with Crippen LogP contribution in [-0.2, 0) is 4.79 Å². The highest BCUT2D eigenvalue weighted by atomic mass is 16.4. The number of likely N-dealkylation sites (tertiary alicyclic amines) is 1. The Hall–Kier alpha value is -1.26. The number of hydrogen-bond donors (Lipinski definition) is 2. The van der Waals surface area contributed by atoms with E-state index in [1.165, 1.54) is 0 Å². The van der Waals surface area contributed by atoms with Gasteiger partial charge >= 0.3 is 12.0 Å². The molecule has 0 bridgehead atoms. The predicted octanol–water partition coefficient (Wildman–Crippen LogP) is 2.22. The molecule has 108 valence electrons. The second-order valence-corrected chi connectivity index (χ2v) is 6.07. The molecule has 5 nitrogen and oxygen atoms in total. The van der Waals surface area contributed by atoms with Crippen LogP contribution in [-0.4, -0.2) is 40.6 Å². The Labute approximate surface area is 114 Å². The van der Waals surface area contributed by atoms with Crippen LogP contribution < -0.4 is 5.32 Å². The summed E-state index contributed by atoms with van der Waals surface area (Å²) in [5.41, 5.74) is -1.04. The summed E-state index contributed by atoms with van der Waals surface area (Å²) in [5.74, 6) is -0.365. The van der Waals surface area contributed by atoms with Crippen LogP contribution >= 0.6 is 0 Å². The van der Waals surface area contributed by atoms with Crippen LogP contribution in [0.25, 0.3) is 0 Å². The smallest absolute Gasteiger partial charge is 0.329 e. The Morgan fingerprint density at radius 2 is 1.84 bits per heavy atom. The van der Waals surface area contributed by atoms with E-state index in [0.29, 0.717) is 18.8 Å². The maximum Gasteiger partial charge on any atom is 0.329 e. The van der Waals surface area contributed by atoms with Crippen LogP contribution in [0.5, 0.6) is 0 Å². The van der Waals surface area contributed by atoms with E-state index in [9.17, 15) is 14.7 Å². The number of aliphatic carboxylic acids is 1. The number of rotatable bonds is 2. The van der Waals surface area contributed by atoms with E-state index in [2.05, 4.69) is 12.2 Å². The zero-order valence-corrected chi connectivity index (χ0v) is 11.7. The van der Waals surface area contributed by atoms with Gasteiger partial charge in [-0.05, 0) is 25.2 Å². The summed E-state index contributed by atoms with van der Waals surface area (Å²) in [5, 5.41) is 12.3. The minimum absolute atomic E-state index is 0.200. The highest BCUT2D eigenvalue weighted by molar-refractivity contribution is 5.86. The van der Waals surface area contributed by atoms with Crippen molar-refractivity contribution in [2.45, 2.75) is 57.4 Å². The zero-order chi connectivity index (χ0) is 13.9. The first-order valence-electron chi connectivity index (χ1n) is 7.34. The molecule has 1 unspecified atom stereocenters. The molecule has 19 heavy (non-hydrogen) atoms. The molecule has 1 saturated heterocycles. The van der Waals surface area contributed by atoms with Crippen molar-refractivity contribution < 1.29 is 14.7 Å². The number of carbonyl (C=O) groups excluding carboxylic acids is 1. The lowest BCUT2D eigenvalue weighted by atomic mass is 9.90. The van der Waals surface area contributed by atoms with Crippen molar-refractivity contribution in [3.05, 3.63) is 0 Å². The fraction of sp³-hybridized carbons (Fsp3) is 0.857. The van der Waals surface area contributed by atoms with Gasteiger partial charge in [-0.25, -0.2) is 9.59 Å². The van der Waals surface area contributed by atoms with Crippen molar-refractivity contribution >= 4 is 12.0 Å². The third-order valence-electron chi connectivity index (χ3n) is 4.42. The van der Waals surface area contributed by atoms with Crippen LogP contribution in [0.4, 0.5) is 4.79 Å². The van der Waals surface area contributed by atoms with Gasteiger partial charge in [0.25, 0.3) is 0 Å². The zero-order valence-electron chi connectivity index (χ0n) is 11.7. The third-order valence-corrected chi connectivity index (χ3v) is 4.42. The molecule has 5 heteroatoms. The van der Waals surface area contributed by atoms with E-state index in [0.717, 1.165) is 45.2 Å². The fourth-order valence-corrected chi connectivity index (χ4v) is 3.13. The van der Waals surface area contributed by atoms with Crippen molar-refractivity contribution in [1.82, 2.24) is 10.2 Å². The molecule has 1 atom stereocenters. The number of urea groups is 1. The lowest BCUT2D eigenvalue weighted by molar-refractivity contribution is -0.145. The summed E-state index contributed by atoms with van der Waals surface area (Å²) >= 11 is 0. The van der Waals surface area contributed by atoms with Crippen LogP contribution in [0.2, 0.25) is 0 Å². The Kier molecular flexibility index (Phi) is 4.32. The van der Waals surface area contributed by atoms with Gasteiger partial charge in [0, 0.05) is 13.1 Å². The molecule has 2 fully saturated rings. The lowest BCUT2D eigenvalue weighted by Crippen LogP contribution is -2.57. The SMILES string of the molecule is CC1CCN(C(=O)NC2(C(=O)O)CCCCCC2)C1. The minimum Gasteiger partial charge on any atom is -0.480 e. The highest BCUT2D eigenvalue weighted by Crippen LogP contribution is 2.28. The summed E-state index contributed by atoms with van der Waals surface area (Å²) in [6.07, 6.45) is 5.99. The first-order valence-corrected chi connectivity index (χ1v) is 7.34. The van der Waals surface area contributed by atoms with Crippen molar-refractivity contribution in [1.29, 1.82) is 0 Å². The topological polar surface area (TPSA) is 69.6 Å². The van der Waals surface area contributed by atoms with Crippen molar-refractivity contribution in [3.8, 4) is 0 Å². The summed E-state index contributed by atoms with van der Waals surface area (Å²) in [4.78, 5) is 25.6. The lowest BCUT2D eigenvalue weighted by Gasteiger charge is -2.31. The molecule has 0 aromatic carbocycles. The van der Waals surface area contributed by atoms with E-state index < -0.39 is 11.5 Å². The van der Waals surface area contributed by atoms with Gasteiger partial charge < -0.3 is 15.3 Å². The Morgan fingerprint density at radius 3 is 2.32 bits per heavy atom. The highest BCUT2D eigenvalue weighted by Gasteiger charge is 2.41. The van der Waals surface area contributed by atoms with Gasteiger partial charge in [-0.15, -0.1) is 0 Å². The molecule has 0 aromatic rings. The largest absolute Gasteiger partial charge is 0.480 e. The van der Waals surface area contributed by atoms with E-state index in [1.807, 2.05) is 0 Å². The molecule has 2 amide bonds. The Bertz CT molecular complexity index is 349. The van der Waals surface area contributed by atoms with Gasteiger partial charge in [-0.1, -0.05) is 32.6 Å². The summed E-state index contributed by atoms with van der Waals surface area (Å²) in [6, 6.07) is -0.200. The normalized spacial score (nSPS) is 26.8. The average Bonchev–Trinajstić information content (AvgIpc) is 2.65. The van der Waals surface area contributed by atoms with Gasteiger partial charge in [0.1, 0.15) is 5.54 Å². The molecule has 0 spiro atoms. The van der Waals surface area contributed by atoms with Gasteiger partial charge in [0.15, 0.2) is 0 Å². The average molecular weight is 268 g/mol. The van der Waals surface area contributed by atoms with E-state index in [-0.39, 0.29) is 6.03 Å². The third kappa shape index (κ3) is 3.19. The molecule has 0 aromatic heterocycles. The van der Waals surface area contributed by atoms with Crippen molar-refractivity contribution in [2.24, 2.45) is 5.92 Å². The van der Waals surface area contributed by atoms with Crippen molar-refractivity contribution in [3.63, 3.8) is 0 Å². The molecular weight excluding hydrogens is 244 g/mol. The summed E-state index contributed by atoms with van der Waals surface area (Å²) in [7, 11) is 0. The maximum absolute atomic E-state index is 12.2. The quantitative estimate of drug-likeness (QED) is 0.754. The molecule has 0 radical (unpaired) electrons. The van der Waals surface area contributed by atoms with E-state index in [1.54, 1.807) is 4.90 Å². The van der Waals surface area contributed by atoms with Crippen LogP contribution in [0.15, 0.2) is 0 Å². The molecule has 2 aliphatic rings. The van der Waals surface area contributed by atoms with Gasteiger partial charge in [0.05, 0.1) is 0 Å². The molecule has 1 aliphatic heterocycles. The second-order valence-electron chi connectivity index (χ2n) is 6.07. The number of hydrogen-bond acceptors (Lipinski definition) is 2. The molecular formula is C14H24N2O3. The molecule has 1 aliphatic carbocycles. The number of carboxylic acids is 1. The van der Waals surface area contributed by atoms with E-state index in [4.69, 9.17) is 0 Å². The number of nitrogens with one attached hydrogen (secondary N) is 1. The van der Waals surface area contributed by atoms with Crippen LogP contribution in [0.1, 0.15) is 51.9 Å². The van der Waals surface area contributed by atoms with Crippen LogP contribution in [0.3, 0.4) is 0 Å². The molecule has 2 rings (SSSR count).